The molecule has 11 atom stereocenters. The first-order valence-corrected chi connectivity index (χ1v) is 11.4. The molecule has 1 aromatic carbocycles. The largest absolute Gasteiger partial charge is 1.00 e. The summed E-state index contributed by atoms with van der Waals surface area (Å²) in [5.74, 6) is -2.08. The van der Waals surface area contributed by atoms with Gasteiger partial charge in [0.2, 0.25) is 6.29 Å². The van der Waals surface area contributed by atoms with Gasteiger partial charge in [-0.3, -0.25) is 0 Å². The summed E-state index contributed by atoms with van der Waals surface area (Å²) in [4.78, 5) is 11.3. The molecule has 2 unspecified atom stereocenters. The molecule has 1 aliphatic heterocycles. The van der Waals surface area contributed by atoms with E-state index in [0.717, 1.165) is 5.56 Å². The Morgan fingerprint density at radius 3 is 2.68 bits per heavy atom. The fourth-order valence-corrected chi connectivity index (χ4v) is 6.53. The predicted octanol–water partition coefficient (Wildman–Crippen LogP) is -4.19. The number of carboxylic acids is 1. The number of hydrogen-bond donors (Lipinski definition) is 5. The van der Waals surface area contributed by atoms with Gasteiger partial charge in [-0.2, -0.15) is 0 Å². The van der Waals surface area contributed by atoms with Crippen LogP contribution >= 0.6 is 0 Å². The average molecular weight is 490 g/mol. The molecular weight excluding hydrogens is 455 g/mol. The van der Waals surface area contributed by atoms with Crippen molar-refractivity contribution in [2.75, 3.05) is 0 Å². The van der Waals surface area contributed by atoms with Gasteiger partial charge >= 0.3 is 29.6 Å². The summed E-state index contributed by atoms with van der Waals surface area (Å²) in [6.07, 6.45) is -9.88. The second-order valence-electron chi connectivity index (χ2n) is 10.0. The molecule has 1 heterocycles. The number of carbonyl (C=O) groups is 1. The van der Waals surface area contributed by atoms with Gasteiger partial charge in [-0.1, -0.05) is 13.0 Å². The van der Waals surface area contributed by atoms with Crippen molar-refractivity contribution >= 4 is 5.97 Å². The zero-order chi connectivity index (χ0) is 26.3. The summed E-state index contributed by atoms with van der Waals surface area (Å²) in [6.45, 7) is 1.86. The summed E-state index contributed by atoms with van der Waals surface area (Å²) in [7, 11) is 0. The van der Waals surface area contributed by atoms with Crippen molar-refractivity contribution in [3.05, 3.63) is 29.3 Å². The normalized spacial score (nSPS) is 48.8. The summed E-state index contributed by atoms with van der Waals surface area (Å²) >= 11 is 0. The summed E-state index contributed by atoms with van der Waals surface area (Å²) in [5.41, 5.74) is 0.698. The van der Waals surface area contributed by atoms with Crippen molar-refractivity contribution < 1.29 is 78.6 Å². The Labute approximate surface area is 224 Å². The van der Waals surface area contributed by atoms with Crippen LogP contribution in [-0.4, -0.2) is 74.4 Å². The van der Waals surface area contributed by atoms with Crippen LogP contribution in [0.2, 0.25) is 0 Å². The van der Waals surface area contributed by atoms with Crippen molar-refractivity contribution in [3.63, 3.8) is 0 Å². The molecular formula is C24H31NaO9. The van der Waals surface area contributed by atoms with E-state index in [4.69, 9.17) is 13.6 Å². The third-order valence-corrected chi connectivity index (χ3v) is 8.34. The zero-order valence-corrected chi connectivity index (χ0v) is 21.2. The minimum Gasteiger partial charge on any atom is -0.547 e. The van der Waals surface area contributed by atoms with E-state index in [-0.39, 0.29) is 65.1 Å². The molecule has 10 heteroatoms. The second-order valence-corrected chi connectivity index (χ2v) is 10.0. The third kappa shape index (κ3) is 4.13. The number of benzene rings is 1. The van der Waals surface area contributed by atoms with E-state index in [0.29, 0.717) is 37.7 Å². The fraction of sp³-hybridized carbons (Fsp3) is 0.708. The van der Waals surface area contributed by atoms with Gasteiger partial charge in [0, 0.05) is 0 Å². The van der Waals surface area contributed by atoms with Crippen LogP contribution in [0.3, 0.4) is 0 Å². The van der Waals surface area contributed by atoms with Gasteiger partial charge in [0.1, 0.15) is 30.2 Å². The fourth-order valence-electron chi connectivity index (χ4n) is 6.53. The third-order valence-electron chi connectivity index (χ3n) is 8.34. The van der Waals surface area contributed by atoms with Crippen LogP contribution < -0.4 is 39.4 Å². The van der Waals surface area contributed by atoms with E-state index in [2.05, 4.69) is 0 Å². The van der Waals surface area contributed by atoms with E-state index in [1.807, 2.05) is 6.92 Å². The second kappa shape index (κ2) is 9.61. The number of carboxylic acid groups (broad SMARTS) is 1. The van der Waals surface area contributed by atoms with Crippen molar-refractivity contribution in [3.8, 4) is 5.75 Å². The number of aliphatic hydroxyl groups excluding tert-OH is 4. The molecule has 9 nitrogen and oxygen atoms in total. The van der Waals surface area contributed by atoms with Crippen molar-refractivity contribution in [1.82, 2.24) is 0 Å². The monoisotopic (exact) mass is 489 g/mol. The summed E-state index contributed by atoms with van der Waals surface area (Å²) < 4.78 is 36.3. The first-order valence-electron chi connectivity index (χ1n) is 12.9. The number of aliphatic carboxylic acids is 1. The first kappa shape index (κ1) is 22.4. The van der Waals surface area contributed by atoms with Gasteiger partial charge < -0.3 is 44.9 Å². The summed E-state index contributed by atoms with van der Waals surface area (Å²) in [5, 5.41) is 62.5. The van der Waals surface area contributed by atoms with Crippen LogP contribution in [0, 0.1) is 17.3 Å². The van der Waals surface area contributed by atoms with Crippen LogP contribution in [0.4, 0.5) is 0 Å². The quantitative estimate of drug-likeness (QED) is 0.265. The van der Waals surface area contributed by atoms with Crippen molar-refractivity contribution in [2.45, 2.75) is 87.8 Å². The molecule has 34 heavy (non-hydrogen) atoms. The van der Waals surface area contributed by atoms with E-state index >= 15 is 0 Å². The van der Waals surface area contributed by atoms with E-state index in [1.165, 1.54) is 0 Å². The number of aliphatic hydroxyl groups is 5. The maximum absolute atomic E-state index is 11.3. The Balaban J connectivity index is 0.00000320. The van der Waals surface area contributed by atoms with Crippen molar-refractivity contribution in [2.24, 2.45) is 17.3 Å². The molecule has 1 saturated heterocycles. The molecule has 2 saturated carbocycles. The number of carbonyl (C=O) groups excluding carboxylic acids is 1. The first-order chi connectivity index (χ1) is 16.8. The average Bonchev–Trinajstić information content (AvgIpc) is 3.00. The van der Waals surface area contributed by atoms with Crippen LogP contribution in [-0.2, 0) is 16.0 Å². The number of hydrogen-bond acceptors (Lipinski definition) is 9. The smallest absolute Gasteiger partial charge is 0.547 e. The minimum absolute atomic E-state index is 0. The van der Waals surface area contributed by atoms with Gasteiger partial charge in [-0.25, -0.2) is 0 Å². The minimum atomic E-state index is -1.97. The van der Waals surface area contributed by atoms with Crippen LogP contribution in [0.1, 0.15) is 53.8 Å². The molecule has 0 radical (unpaired) electrons. The van der Waals surface area contributed by atoms with E-state index in [9.17, 15) is 35.4 Å². The van der Waals surface area contributed by atoms with Gasteiger partial charge in [0.05, 0.1) is 22.3 Å². The Morgan fingerprint density at radius 2 is 1.97 bits per heavy atom. The van der Waals surface area contributed by atoms with Gasteiger partial charge in [-0.15, -0.1) is 0 Å². The van der Waals surface area contributed by atoms with Crippen LogP contribution in [0.15, 0.2) is 18.2 Å². The molecule has 3 aliphatic carbocycles. The molecule has 0 amide bonds. The predicted molar refractivity (Wildman–Crippen MR) is 111 cm³/mol. The number of fused-ring (bicyclic) bond motifs is 5. The molecule has 0 aromatic heterocycles. The molecule has 5 N–H and O–H groups in total. The van der Waals surface area contributed by atoms with Gasteiger partial charge in [0.15, 0.2) is 0 Å². The molecule has 5 rings (SSSR count). The van der Waals surface area contributed by atoms with E-state index < -0.39 is 54.3 Å². The standard InChI is InChI=1S/C24H32O9.Na/c1-24-7-6-13-12-5-3-11(32-23-19(28)17(26)18(27)20(33-23)22(30)31)8-10(12)2-4-14(13)15(24)9-16(25)21(24)29;/h3,5,8,13-21,23,25-29H,2,4,6-7,9H2,1H3,(H,30,31);/q;+1/p-1/t13-,14-,15+,16-,17?,18+,19?,20+,21+,23-,24+;/m1./s1/i3D,8D,21D;. The Bertz CT molecular complexity index is 1070. The molecule has 3 fully saturated rings. The number of ether oxygens (including phenoxy) is 2. The molecule has 182 valence electrons. The maximum Gasteiger partial charge on any atom is 1.00 e. The van der Waals surface area contributed by atoms with E-state index in [1.54, 1.807) is 6.07 Å². The van der Waals surface area contributed by atoms with Crippen molar-refractivity contribution in [1.29, 1.82) is 0 Å². The Hall–Kier alpha value is -0.750. The van der Waals surface area contributed by atoms with Crippen LogP contribution in [0.5, 0.6) is 5.75 Å². The zero-order valence-electron chi connectivity index (χ0n) is 22.2. The molecule has 0 bridgehead atoms. The topological polar surface area (TPSA) is 160 Å². The number of rotatable bonds is 3. The van der Waals surface area contributed by atoms with Gasteiger partial charge in [0.25, 0.3) is 0 Å². The van der Waals surface area contributed by atoms with Gasteiger partial charge in [-0.05, 0) is 78.5 Å². The summed E-state index contributed by atoms with van der Waals surface area (Å²) in [6, 6.07) is 1.30. The van der Waals surface area contributed by atoms with Crippen LogP contribution in [0.25, 0.3) is 0 Å². The SMILES string of the molecule is [2H]c1cc2c(c([2H])c1O[C@@H]1O[C@H](C(=O)[O-])[C@@H](O)C(O)C1O)CC[C@@H]1[C@@H]2CC[C@@]2(C)[C@H]1C[C@@H](O)[C@]2([2H])O.[Na+]. The molecule has 4 aliphatic rings. The molecule has 1 aromatic rings. The maximum atomic E-state index is 11.3. The Morgan fingerprint density at radius 1 is 1.24 bits per heavy atom. The Kier molecular flexibility index (Phi) is 6.34. The molecule has 0 spiro atoms.